The molecule has 256 valence electrons. The topological polar surface area (TPSA) is 299 Å². The van der Waals surface area contributed by atoms with Gasteiger partial charge < -0.3 is 17.2 Å². The summed E-state index contributed by atoms with van der Waals surface area (Å²) in [6, 6.07) is 22.7. The molecule has 1 aliphatic carbocycles. The first-order chi connectivity index (χ1) is 21.6. The Balaban J connectivity index is 0.000000299. The fourth-order valence-corrected chi connectivity index (χ4v) is 8.17. The van der Waals surface area contributed by atoms with E-state index >= 15 is 0 Å². The van der Waals surface area contributed by atoms with E-state index in [0.717, 1.165) is 11.6 Å². The summed E-state index contributed by atoms with van der Waals surface area (Å²) in [5.41, 5.74) is 17.0. The average Bonchev–Trinajstić information content (AvgIpc) is 2.94. The predicted octanol–water partition coefficient (Wildman–Crippen LogP) is 1.17. The van der Waals surface area contributed by atoms with Crippen molar-refractivity contribution in [1.29, 1.82) is 0 Å². The number of hydrogen-bond acceptors (Lipinski definition) is 10. The quantitative estimate of drug-likeness (QED) is 0.0417. The summed E-state index contributed by atoms with van der Waals surface area (Å²) in [7, 11) is -14.9. The van der Waals surface area contributed by atoms with Crippen LogP contribution in [0.3, 0.4) is 0 Å². The number of nitrogens with two attached hydrogens (primary N) is 3. The Morgan fingerprint density at radius 2 is 1.19 bits per heavy atom. The average molecular weight is 776 g/mol. The summed E-state index contributed by atoms with van der Waals surface area (Å²) < 4.78 is 119. The molecule has 0 saturated heterocycles. The van der Waals surface area contributed by atoms with Crippen LogP contribution < -0.4 is 17.2 Å². The van der Waals surface area contributed by atoms with E-state index in [0.29, 0.717) is 11.1 Å². The fourth-order valence-electron chi connectivity index (χ4n) is 4.43. The van der Waals surface area contributed by atoms with Crippen molar-refractivity contribution in [2.24, 2.45) is 17.4 Å². The van der Waals surface area contributed by atoms with Gasteiger partial charge in [-0.3, -0.25) is 13.7 Å². The number of benzene rings is 3. The molecule has 0 amide bonds. The molecule has 4 rings (SSSR count). The second-order valence-corrected chi connectivity index (χ2v) is 16.1. The Morgan fingerprint density at radius 3 is 1.64 bits per heavy atom. The van der Waals surface area contributed by atoms with Gasteiger partial charge in [-0.25, -0.2) is 0 Å². The van der Waals surface area contributed by atoms with E-state index in [-0.39, 0.29) is 10.6 Å². The number of allylic oxidation sites excluding steroid dienone is 2. The van der Waals surface area contributed by atoms with Gasteiger partial charge in [0.05, 0.1) is 11.4 Å². The third-order valence-corrected chi connectivity index (χ3v) is 11.3. The summed E-state index contributed by atoms with van der Waals surface area (Å²) >= 11 is -3.58. The molecule has 11 N–H and O–H groups in total. The van der Waals surface area contributed by atoms with Crippen LogP contribution in [0.25, 0.3) is 18.2 Å². The molecule has 0 saturated carbocycles. The molecular formula is C28H34AsN3O12S3. The van der Waals surface area contributed by atoms with Crippen LogP contribution in [0.5, 0.6) is 0 Å². The van der Waals surface area contributed by atoms with Crippen molar-refractivity contribution in [3.05, 3.63) is 114 Å². The zero-order valence-corrected chi connectivity index (χ0v) is 28.9. The molecule has 1 unspecified atom stereocenters. The Bertz CT molecular complexity index is 1930. The van der Waals surface area contributed by atoms with E-state index < -0.39 is 67.7 Å². The Morgan fingerprint density at radius 1 is 0.723 bits per heavy atom. The molecule has 0 radical (unpaired) electrons. The van der Waals surface area contributed by atoms with Gasteiger partial charge in [-0.2, -0.15) is 25.3 Å². The summed E-state index contributed by atoms with van der Waals surface area (Å²) in [5.74, 6) is -1.39. The molecule has 0 aliphatic heterocycles. The van der Waals surface area contributed by atoms with Crippen molar-refractivity contribution in [3.63, 3.8) is 0 Å². The van der Waals surface area contributed by atoms with Crippen LogP contribution in [0.4, 0.5) is 5.69 Å². The van der Waals surface area contributed by atoms with Crippen molar-refractivity contribution in [2.75, 3.05) is 5.73 Å². The van der Waals surface area contributed by atoms with E-state index in [9.17, 15) is 38.9 Å². The maximum atomic E-state index is 11.9. The molecule has 3 aromatic rings. The SMILES string of the molecule is NC1(N)C=CC(C=Cc2ccccc2)C(S(=O)(=O)O)(S(=O)(=O)O)C1.Nc1cccc(C=Cc2ccccc2)c1S(=O)(=O)O.O=[AsH](O)O. The zero-order valence-electron chi connectivity index (χ0n) is 24.3. The third-order valence-electron chi connectivity index (χ3n) is 6.43. The first-order valence-electron chi connectivity index (χ1n) is 13.1. The molecule has 1 aliphatic rings. The molecule has 1 atom stereocenters. The van der Waals surface area contributed by atoms with Gasteiger partial charge in [0, 0.05) is 12.3 Å². The molecule has 0 heterocycles. The van der Waals surface area contributed by atoms with Gasteiger partial charge in [-0.15, -0.1) is 0 Å². The number of hydrogen-bond donors (Lipinski definition) is 8. The van der Waals surface area contributed by atoms with Crippen LogP contribution in [-0.2, 0) is 34.1 Å². The van der Waals surface area contributed by atoms with Crippen LogP contribution in [0, 0.1) is 5.92 Å². The van der Waals surface area contributed by atoms with E-state index in [1.165, 1.54) is 24.3 Å². The van der Waals surface area contributed by atoms with Crippen LogP contribution in [0.15, 0.2) is 102 Å². The van der Waals surface area contributed by atoms with Crippen LogP contribution in [-0.4, -0.2) is 72.1 Å². The monoisotopic (exact) mass is 775 g/mol. The van der Waals surface area contributed by atoms with Gasteiger partial charge in [0.2, 0.25) is 4.08 Å². The molecule has 47 heavy (non-hydrogen) atoms. The first-order valence-corrected chi connectivity index (χ1v) is 20.1. The Kier molecular flexibility index (Phi) is 13.7. The standard InChI is InChI=1S/C14H18N2O6S2.C14H13NO3S.AsH3O3/c15-13(16)9-8-12(7-6-11-4-2-1-3-5-11)14(10-13,23(17,18)19)24(20,21)22;15-13-8-4-7-12(14(13)19(16,17)18)10-9-11-5-2-1-3-6-11;2-1(3)4/h1-9,12H,10,15-16H2,(H,17,18,19)(H,20,21,22);1-10H,15H2,(H,16,17,18);1H,(H2,2,3,4). The minimum atomic E-state index is -5.27. The minimum absolute atomic E-state index is 0.0257. The molecule has 0 fully saturated rings. The van der Waals surface area contributed by atoms with E-state index in [4.69, 9.17) is 29.1 Å². The van der Waals surface area contributed by atoms with Gasteiger partial charge >= 0.3 is 27.2 Å². The Labute approximate surface area is 277 Å². The van der Waals surface area contributed by atoms with Crippen molar-refractivity contribution in [3.8, 4) is 0 Å². The van der Waals surface area contributed by atoms with E-state index in [2.05, 4.69) is 0 Å². The summed E-state index contributed by atoms with van der Waals surface area (Å²) in [4.78, 5) is -0.262. The van der Waals surface area contributed by atoms with Gasteiger partial charge in [0.25, 0.3) is 30.4 Å². The normalized spacial score (nSPS) is 17.5. The number of rotatable bonds is 7. The van der Waals surface area contributed by atoms with Crippen molar-refractivity contribution in [2.45, 2.75) is 21.1 Å². The second kappa shape index (κ2) is 16.1. The fraction of sp³-hybridized carbons (Fsp3) is 0.143. The van der Waals surface area contributed by atoms with Gasteiger partial charge in [0.1, 0.15) is 4.90 Å². The molecular weight excluding hydrogens is 741 g/mol. The molecule has 19 heteroatoms. The maximum absolute atomic E-state index is 11.9. The van der Waals surface area contributed by atoms with Gasteiger partial charge in [-0.05, 0) is 22.8 Å². The molecule has 0 aromatic heterocycles. The van der Waals surface area contributed by atoms with Crippen LogP contribution >= 0.6 is 0 Å². The molecule has 0 spiro atoms. The first kappa shape index (κ1) is 39.8. The van der Waals surface area contributed by atoms with Gasteiger partial charge in [0.15, 0.2) is 0 Å². The Hall–Kier alpha value is -3.39. The number of nitrogen functional groups attached to an aromatic ring is 1. The van der Waals surface area contributed by atoms with Crippen LogP contribution in [0.1, 0.15) is 23.1 Å². The van der Waals surface area contributed by atoms with Crippen LogP contribution in [0.2, 0.25) is 0 Å². The molecule has 0 bridgehead atoms. The van der Waals surface area contributed by atoms with Gasteiger partial charge in [-0.1, -0.05) is 109 Å². The zero-order chi connectivity index (χ0) is 35.7. The summed E-state index contributed by atoms with van der Waals surface area (Å²) in [5, 5.41) is 0. The number of anilines is 1. The predicted molar refractivity (Wildman–Crippen MR) is 178 cm³/mol. The van der Waals surface area contributed by atoms with E-state index in [1.807, 2.05) is 30.3 Å². The molecule has 15 nitrogen and oxygen atoms in total. The van der Waals surface area contributed by atoms with Crippen molar-refractivity contribution >= 4 is 69.5 Å². The summed E-state index contributed by atoms with van der Waals surface area (Å²) in [6.45, 7) is 0. The molecule has 3 aromatic carbocycles. The third kappa shape index (κ3) is 11.4. The van der Waals surface area contributed by atoms with Crippen molar-refractivity contribution in [1.82, 2.24) is 0 Å². The van der Waals surface area contributed by atoms with Crippen molar-refractivity contribution < 1.29 is 50.8 Å². The van der Waals surface area contributed by atoms with E-state index in [1.54, 1.807) is 54.6 Å². The second-order valence-electron chi connectivity index (χ2n) is 9.97. The summed E-state index contributed by atoms with van der Waals surface area (Å²) in [6.07, 6.45) is 7.56.